The number of aliphatic carboxylic acids is 1. The number of nitrogens with one attached hydrogen (secondary N) is 2. The van der Waals surface area contributed by atoms with Crippen LogP contribution in [0.3, 0.4) is 0 Å². The zero-order valence-corrected chi connectivity index (χ0v) is 19.1. The van der Waals surface area contributed by atoms with Crippen molar-refractivity contribution in [2.75, 3.05) is 6.54 Å². The van der Waals surface area contributed by atoms with Crippen molar-refractivity contribution in [3.8, 4) is 11.1 Å². The first kappa shape index (κ1) is 24.9. The van der Waals surface area contributed by atoms with Gasteiger partial charge >= 0.3 is 12.1 Å². The maximum absolute atomic E-state index is 12.4. The molecule has 1 unspecified atom stereocenters. The van der Waals surface area contributed by atoms with Gasteiger partial charge in [-0.3, -0.25) is 4.79 Å². The summed E-state index contributed by atoms with van der Waals surface area (Å²) in [5.41, 5.74) is 2.99. The highest BCUT2D eigenvalue weighted by atomic mass is 16.6. The molecular weight excluding hydrogens is 408 g/mol. The van der Waals surface area contributed by atoms with E-state index in [2.05, 4.69) is 41.8 Å². The predicted molar refractivity (Wildman–Crippen MR) is 124 cm³/mol. The van der Waals surface area contributed by atoms with Crippen LogP contribution in [0.4, 0.5) is 4.79 Å². The molecule has 2 aromatic rings. The molecule has 2 amide bonds. The summed E-state index contributed by atoms with van der Waals surface area (Å²) in [5.74, 6) is -1.70. The number of aryl methyl sites for hydroxylation is 1. The van der Waals surface area contributed by atoms with E-state index in [9.17, 15) is 19.5 Å². The molecule has 0 saturated heterocycles. The summed E-state index contributed by atoms with van der Waals surface area (Å²) in [6.45, 7) is 6.93. The Balaban J connectivity index is 1.95. The smallest absolute Gasteiger partial charge is 0.408 e. The third kappa shape index (κ3) is 8.06. The summed E-state index contributed by atoms with van der Waals surface area (Å²) in [7, 11) is 0. The number of unbranched alkanes of at least 4 members (excludes halogenated alkanes) is 1. The minimum atomic E-state index is -1.31. The van der Waals surface area contributed by atoms with Crippen molar-refractivity contribution < 1.29 is 24.2 Å². The number of carbonyl (C=O) groups excluding carboxylic acids is 2. The number of amides is 2. The van der Waals surface area contributed by atoms with Crippen molar-refractivity contribution in [2.24, 2.45) is 0 Å². The molecule has 2 rings (SSSR count). The SMILES string of the molecule is CCCCc1ccc(-c2ccc(C(=O)NCC(NC(=O)OC(C)(C)C)C(=O)O)cc2)cc1. The summed E-state index contributed by atoms with van der Waals surface area (Å²) < 4.78 is 5.07. The highest BCUT2D eigenvalue weighted by Gasteiger charge is 2.24. The Morgan fingerprint density at radius 3 is 2.03 bits per heavy atom. The number of hydrogen-bond donors (Lipinski definition) is 3. The first-order valence-electron chi connectivity index (χ1n) is 10.8. The minimum absolute atomic E-state index is 0.269. The normalized spacial score (nSPS) is 12.0. The lowest BCUT2D eigenvalue weighted by Gasteiger charge is -2.22. The van der Waals surface area contributed by atoms with Gasteiger partial charge in [0.1, 0.15) is 11.6 Å². The molecule has 2 aromatic carbocycles. The third-order valence-corrected chi connectivity index (χ3v) is 4.71. The molecule has 0 aliphatic rings. The van der Waals surface area contributed by atoms with Crippen LogP contribution in [0, 0.1) is 0 Å². The molecule has 1 atom stereocenters. The van der Waals surface area contributed by atoms with E-state index in [0.717, 1.165) is 24.0 Å². The molecule has 3 N–H and O–H groups in total. The van der Waals surface area contributed by atoms with Crippen LogP contribution in [-0.2, 0) is 16.0 Å². The largest absolute Gasteiger partial charge is 0.480 e. The van der Waals surface area contributed by atoms with Crippen molar-refractivity contribution in [3.63, 3.8) is 0 Å². The van der Waals surface area contributed by atoms with Gasteiger partial charge in [-0.2, -0.15) is 0 Å². The van der Waals surface area contributed by atoms with Gasteiger partial charge in [0.25, 0.3) is 5.91 Å². The predicted octanol–water partition coefficient (Wildman–Crippen LogP) is 4.40. The lowest BCUT2D eigenvalue weighted by atomic mass is 10.0. The Hall–Kier alpha value is -3.35. The summed E-state index contributed by atoms with van der Waals surface area (Å²) in [4.78, 5) is 35.7. The van der Waals surface area contributed by atoms with Crippen molar-refractivity contribution >= 4 is 18.0 Å². The second-order valence-electron chi connectivity index (χ2n) is 8.62. The molecule has 0 aromatic heterocycles. The van der Waals surface area contributed by atoms with Gasteiger partial charge in [-0.25, -0.2) is 9.59 Å². The first-order chi connectivity index (χ1) is 15.1. The van der Waals surface area contributed by atoms with Crippen LogP contribution in [0.5, 0.6) is 0 Å². The first-order valence-corrected chi connectivity index (χ1v) is 10.8. The van der Waals surface area contributed by atoms with Gasteiger partial charge in [-0.05, 0) is 62.4 Å². The fraction of sp³-hybridized carbons (Fsp3) is 0.400. The fourth-order valence-corrected chi connectivity index (χ4v) is 3.01. The molecule has 0 aliphatic carbocycles. The molecule has 0 saturated carbocycles. The zero-order valence-electron chi connectivity index (χ0n) is 19.1. The molecule has 0 bridgehead atoms. The van der Waals surface area contributed by atoms with Crippen molar-refractivity contribution in [1.82, 2.24) is 10.6 Å². The molecule has 0 spiro atoms. The van der Waals surface area contributed by atoms with E-state index in [4.69, 9.17) is 4.74 Å². The van der Waals surface area contributed by atoms with Gasteiger partial charge in [-0.1, -0.05) is 49.7 Å². The van der Waals surface area contributed by atoms with Crippen molar-refractivity contribution in [3.05, 3.63) is 59.7 Å². The standard InChI is InChI=1S/C25H32N2O5/c1-5-6-7-17-8-10-18(11-9-17)19-12-14-20(15-13-19)22(28)26-16-21(23(29)30)27-24(31)32-25(2,3)4/h8-15,21H,5-7,16H2,1-4H3,(H,26,28)(H,27,31)(H,29,30). The Labute approximate surface area is 189 Å². The molecule has 7 heteroatoms. The van der Waals surface area contributed by atoms with E-state index in [1.54, 1.807) is 32.9 Å². The number of ether oxygens (including phenoxy) is 1. The topological polar surface area (TPSA) is 105 Å². The number of alkyl carbamates (subject to hydrolysis) is 1. The van der Waals surface area contributed by atoms with Crippen LogP contribution in [0.25, 0.3) is 11.1 Å². The lowest BCUT2D eigenvalue weighted by molar-refractivity contribution is -0.139. The monoisotopic (exact) mass is 440 g/mol. The van der Waals surface area contributed by atoms with E-state index in [1.165, 1.54) is 12.0 Å². The van der Waals surface area contributed by atoms with E-state index >= 15 is 0 Å². The van der Waals surface area contributed by atoms with E-state index in [1.807, 2.05) is 12.1 Å². The van der Waals surface area contributed by atoms with Gasteiger partial charge < -0.3 is 20.5 Å². The second-order valence-corrected chi connectivity index (χ2v) is 8.62. The number of carboxylic acid groups (broad SMARTS) is 1. The molecule has 32 heavy (non-hydrogen) atoms. The molecule has 0 radical (unpaired) electrons. The average Bonchev–Trinajstić information content (AvgIpc) is 2.74. The lowest BCUT2D eigenvalue weighted by Crippen LogP contribution is -2.49. The van der Waals surface area contributed by atoms with Gasteiger partial charge in [0, 0.05) is 12.1 Å². The van der Waals surface area contributed by atoms with E-state index in [-0.39, 0.29) is 6.54 Å². The summed E-state index contributed by atoms with van der Waals surface area (Å²) in [6, 6.07) is 14.1. The maximum atomic E-state index is 12.4. The van der Waals surface area contributed by atoms with Crippen LogP contribution in [0.15, 0.2) is 48.5 Å². The Morgan fingerprint density at radius 1 is 0.969 bits per heavy atom. The molecule has 7 nitrogen and oxygen atoms in total. The van der Waals surface area contributed by atoms with Gasteiger partial charge in [0.2, 0.25) is 0 Å². The molecule has 0 fully saturated rings. The Morgan fingerprint density at radius 2 is 1.53 bits per heavy atom. The summed E-state index contributed by atoms with van der Waals surface area (Å²) in [5, 5.41) is 14.1. The van der Waals surface area contributed by atoms with Gasteiger partial charge in [0.05, 0.1) is 0 Å². The van der Waals surface area contributed by atoms with Gasteiger partial charge in [0.15, 0.2) is 0 Å². The van der Waals surface area contributed by atoms with Gasteiger partial charge in [-0.15, -0.1) is 0 Å². The van der Waals surface area contributed by atoms with Crippen LogP contribution < -0.4 is 10.6 Å². The maximum Gasteiger partial charge on any atom is 0.408 e. The highest BCUT2D eigenvalue weighted by molar-refractivity contribution is 5.95. The van der Waals surface area contributed by atoms with Crippen molar-refractivity contribution in [1.29, 1.82) is 0 Å². The number of benzene rings is 2. The number of hydrogen-bond acceptors (Lipinski definition) is 4. The van der Waals surface area contributed by atoms with E-state index in [0.29, 0.717) is 5.56 Å². The summed E-state index contributed by atoms with van der Waals surface area (Å²) >= 11 is 0. The van der Waals surface area contributed by atoms with Crippen LogP contribution in [-0.4, -0.2) is 41.3 Å². The third-order valence-electron chi connectivity index (χ3n) is 4.71. The number of carbonyl (C=O) groups is 3. The molecular formula is C25H32N2O5. The number of rotatable bonds is 9. The van der Waals surface area contributed by atoms with Crippen LogP contribution in [0.2, 0.25) is 0 Å². The Bertz CT molecular complexity index is 915. The zero-order chi connectivity index (χ0) is 23.7. The fourth-order valence-electron chi connectivity index (χ4n) is 3.01. The highest BCUT2D eigenvalue weighted by Crippen LogP contribution is 2.21. The average molecular weight is 441 g/mol. The minimum Gasteiger partial charge on any atom is -0.480 e. The quantitative estimate of drug-likeness (QED) is 0.536. The van der Waals surface area contributed by atoms with Crippen LogP contribution >= 0.6 is 0 Å². The number of carboxylic acids is 1. The second kappa shape index (κ2) is 11.3. The van der Waals surface area contributed by atoms with Crippen molar-refractivity contribution in [2.45, 2.75) is 58.6 Å². The van der Waals surface area contributed by atoms with E-state index < -0.39 is 29.6 Å². The molecule has 172 valence electrons. The van der Waals surface area contributed by atoms with Crippen LogP contribution in [0.1, 0.15) is 56.5 Å². The molecule has 0 heterocycles. The Kier molecular flexibility index (Phi) is 8.81. The summed E-state index contributed by atoms with van der Waals surface area (Å²) in [6.07, 6.45) is 2.54. The molecule has 0 aliphatic heterocycles.